The Morgan fingerprint density at radius 2 is 1.74 bits per heavy atom. The maximum atomic E-state index is 8.94. The smallest absolute Gasteiger partial charge is 0.120 e. The first-order chi connectivity index (χ1) is 11.0. The fourth-order valence-electron chi connectivity index (χ4n) is 2.51. The standard InChI is InChI=1S/C20H18N2O/c1-20(2,3)23-17-9-8-16-12-22-13-19(18(16)10-17)15-6-4-14(11-21)5-7-15/h4-10,12-13H,1-3H3. The summed E-state index contributed by atoms with van der Waals surface area (Å²) in [5, 5.41) is 11.1. The number of aromatic nitrogens is 1. The molecule has 0 atom stereocenters. The summed E-state index contributed by atoms with van der Waals surface area (Å²) in [6, 6.07) is 15.7. The van der Waals surface area contributed by atoms with E-state index in [9.17, 15) is 0 Å². The molecular formula is C20H18N2O. The van der Waals surface area contributed by atoms with Crippen LogP contribution in [0.3, 0.4) is 0 Å². The topological polar surface area (TPSA) is 45.9 Å². The molecule has 0 fully saturated rings. The van der Waals surface area contributed by atoms with Gasteiger partial charge in [0.2, 0.25) is 0 Å². The maximum Gasteiger partial charge on any atom is 0.120 e. The fourth-order valence-corrected chi connectivity index (χ4v) is 2.51. The van der Waals surface area contributed by atoms with E-state index in [1.807, 2.05) is 69.6 Å². The Balaban J connectivity index is 2.12. The van der Waals surface area contributed by atoms with E-state index in [1.54, 1.807) is 0 Å². The third-order valence-corrected chi connectivity index (χ3v) is 3.48. The lowest BCUT2D eigenvalue weighted by Gasteiger charge is -2.21. The highest BCUT2D eigenvalue weighted by Crippen LogP contribution is 2.31. The van der Waals surface area contributed by atoms with Gasteiger partial charge in [0.25, 0.3) is 0 Å². The van der Waals surface area contributed by atoms with Crippen molar-refractivity contribution >= 4 is 10.8 Å². The molecule has 3 aromatic rings. The number of ether oxygens (including phenoxy) is 1. The van der Waals surface area contributed by atoms with Gasteiger partial charge in [0.15, 0.2) is 0 Å². The minimum atomic E-state index is -0.241. The minimum Gasteiger partial charge on any atom is -0.488 e. The summed E-state index contributed by atoms with van der Waals surface area (Å²) in [4.78, 5) is 4.33. The molecule has 3 heteroatoms. The largest absolute Gasteiger partial charge is 0.488 e. The van der Waals surface area contributed by atoms with Gasteiger partial charge < -0.3 is 4.74 Å². The van der Waals surface area contributed by atoms with E-state index in [4.69, 9.17) is 10.00 Å². The molecule has 0 radical (unpaired) electrons. The Bertz CT molecular complexity index is 884. The van der Waals surface area contributed by atoms with Gasteiger partial charge in [0, 0.05) is 23.3 Å². The van der Waals surface area contributed by atoms with Crippen LogP contribution in [0, 0.1) is 11.3 Å². The molecule has 0 amide bonds. The van der Waals surface area contributed by atoms with E-state index in [0.29, 0.717) is 5.56 Å². The monoisotopic (exact) mass is 302 g/mol. The molecule has 114 valence electrons. The van der Waals surface area contributed by atoms with Crippen molar-refractivity contribution in [1.82, 2.24) is 4.98 Å². The molecule has 1 aromatic heterocycles. The van der Waals surface area contributed by atoms with Gasteiger partial charge in [-0.1, -0.05) is 12.1 Å². The van der Waals surface area contributed by atoms with Crippen LogP contribution in [0.2, 0.25) is 0 Å². The average Bonchev–Trinajstić information content (AvgIpc) is 2.53. The zero-order chi connectivity index (χ0) is 16.4. The first kappa shape index (κ1) is 15.1. The summed E-state index contributed by atoms with van der Waals surface area (Å²) in [7, 11) is 0. The van der Waals surface area contributed by atoms with Crippen molar-refractivity contribution in [2.45, 2.75) is 26.4 Å². The van der Waals surface area contributed by atoms with Crippen molar-refractivity contribution in [1.29, 1.82) is 5.26 Å². The van der Waals surface area contributed by atoms with E-state index in [1.165, 1.54) is 0 Å². The number of hydrogen-bond acceptors (Lipinski definition) is 3. The minimum absolute atomic E-state index is 0.241. The van der Waals surface area contributed by atoms with Gasteiger partial charge >= 0.3 is 0 Å². The van der Waals surface area contributed by atoms with Crippen LogP contribution in [-0.4, -0.2) is 10.6 Å². The van der Waals surface area contributed by atoms with Gasteiger partial charge in [-0.15, -0.1) is 0 Å². The van der Waals surface area contributed by atoms with Gasteiger partial charge in [-0.05, 0) is 62.1 Å². The van der Waals surface area contributed by atoms with Crippen molar-refractivity contribution in [2.24, 2.45) is 0 Å². The zero-order valence-electron chi connectivity index (χ0n) is 13.5. The molecule has 2 aromatic carbocycles. The van der Waals surface area contributed by atoms with E-state index in [2.05, 4.69) is 17.1 Å². The first-order valence-corrected chi connectivity index (χ1v) is 7.54. The first-order valence-electron chi connectivity index (χ1n) is 7.54. The van der Waals surface area contributed by atoms with Gasteiger partial charge in [0.1, 0.15) is 11.4 Å². The highest BCUT2D eigenvalue weighted by molar-refractivity contribution is 5.96. The normalized spacial score (nSPS) is 11.2. The molecule has 0 unspecified atom stereocenters. The lowest BCUT2D eigenvalue weighted by atomic mass is 10.00. The average molecular weight is 302 g/mol. The van der Waals surface area contributed by atoms with Gasteiger partial charge in [-0.2, -0.15) is 5.26 Å². The molecular weight excluding hydrogens is 284 g/mol. The van der Waals surface area contributed by atoms with Crippen molar-refractivity contribution in [3.8, 4) is 22.9 Å². The molecule has 3 nitrogen and oxygen atoms in total. The molecule has 1 heterocycles. The molecule has 0 aliphatic rings. The summed E-state index contributed by atoms with van der Waals surface area (Å²) in [6.45, 7) is 6.10. The van der Waals surface area contributed by atoms with E-state index >= 15 is 0 Å². The Hall–Kier alpha value is -2.86. The predicted molar refractivity (Wildman–Crippen MR) is 92.3 cm³/mol. The number of hydrogen-bond donors (Lipinski definition) is 0. The van der Waals surface area contributed by atoms with Crippen LogP contribution in [0.4, 0.5) is 0 Å². The summed E-state index contributed by atoms with van der Waals surface area (Å²) < 4.78 is 5.97. The SMILES string of the molecule is CC(C)(C)Oc1ccc2cncc(-c3ccc(C#N)cc3)c2c1. The lowest BCUT2D eigenvalue weighted by molar-refractivity contribution is 0.131. The van der Waals surface area contributed by atoms with Crippen molar-refractivity contribution < 1.29 is 4.74 Å². The second-order valence-corrected chi connectivity index (χ2v) is 6.47. The molecule has 0 saturated heterocycles. The van der Waals surface area contributed by atoms with Crippen LogP contribution in [-0.2, 0) is 0 Å². The molecule has 0 N–H and O–H groups in total. The number of fused-ring (bicyclic) bond motifs is 1. The second kappa shape index (κ2) is 5.73. The van der Waals surface area contributed by atoms with Crippen LogP contribution >= 0.6 is 0 Å². The molecule has 0 spiro atoms. The van der Waals surface area contributed by atoms with Gasteiger partial charge in [-0.25, -0.2) is 0 Å². The highest BCUT2D eigenvalue weighted by atomic mass is 16.5. The highest BCUT2D eigenvalue weighted by Gasteiger charge is 2.13. The Morgan fingerprint density at radius 3 is 2.39 bits per heavy atom. The molecule has 0 aliphatic carbocycles. The third-order valence-electron chi connectivity index (χ3n) is 3.48. The van der Waals surface area contributed by atoms with Crippen LogP contribution in [0.15, 0.2) is 54.9 Å². The van der Waals surface area contributed by atoms with Crippen molar-refractivity contribution in [3.05, 3.63) is 60.4 Å². The Kier molecular flexibility index (Phi) is 3.75. The number of benzene rings is 2. The zero-order valence-corrected chi connectivity index (χ0v) is 13.5. The number of pyridine rings is 1. The molecule has 0 aliphatic heterocycles. The van der Waals surface area contributed by atoms with Crippen LogP contribution < -0.4 is 4.74 Å². The Morgan fingerprint density at radius 1 is 1.00 bits per heavy atom. The predicted octanol–water partition coefficient (Wildman–Crippen LogP) is 4.95. The van der Waals surface area contributed by atoms with Crippen LogP contribution in [0.5, 0.6) is 5.75 Å². The number of nitriles is 1. The van der Waals surface area contributed by atoms with Crippen LogP contribution in [0.25, 0.3) is 21.9 Å². The molecule has 0 bridgehead atoms. The van der Waals surface area contributed by atoms with E-state index in [-0.39, 0.29) is 5.60 Å². The second-order valence-electron chi connectivity index (χ2n) is 6.47. The fraction of sp³-hybridized carbons (Fsp3) is 0.200. The quantitative estimate of drug-likeness (QED) is 0.672. The van der Waals surface area contributed by atoms with Crippen LogP contribution in [0.1, 0.15) is 26.3 Å². The number of nitrogens with zero attached hydrogens (tertiary/aromatic N) is 2. The molecule has 3 rings (SSSR count). The van der Waals surface area contributed by atoms with Gasteiger partial charge in [0.05, 0.1) is 11.6 Å². The molecule has 23 heavy (non-hydrogen) atoms. The Labute approximate surface area is 136 Å². The summed E-state index contributed by atoms with van der Waals surface area (Å²) >= 11 is 0. The summed E-state index contributed by atoms with van der Waals surface area (Å²) in [5.41, 5.74) is 2.48. The van der Waals surface area contributed by atoms with E-state index in [0.717, 1.165) is 27.6 Å². The summed E-state index contributed by atoms with van der Waals surface area (Å²) in [5.74, 6) is 0.839. The lowest BCUT2D eigenvalue weighted by Crippen LogP contribution is -2.22. The maximum absolute atomic E-state index is 8.94. The van der Waals surface area contributed by atoms with Crippen molar-refractivity contribution in [3.63, 3.8) is 0 Å². The van der Waals surface area contributed by atoms with Crippen molar-refractivity contribution in [2.75, 3.05) is 0 Å². The van der Waals surface area contributed by atoms with Gasteiger partial charge in [-0.3, -0.25) is 4.98 Å². The van der Waals surface area contributed by atoms with E-state index < -0.39 is 0 Å². The molecule has 0 saturated carbocycles. The number of rotatable bonds is 2. The third kappa shape index (κ3) is 3.32. The summed E-state index contributed by atoms with van der Waals surface area (Å²) in [6.07, 6.45) is 3.70.